The van der Waals surface area contributed by atoms with Gasteiger partial charge in [0, 0.05) is 12.8 Å². The topological polar surface area (TPSA) is 111 Å². The maximum Gasteiger partial charge on any atom is 0.306 e. The molecule has 0 fully saturated rings. The molecule has 0 heterocycles. The highest BCUT2D eigenvalue weighted by Gasteiger charge is 2.22. The number of quaternary nitrogens is 1. The van der Waals surface area contributed by atoms with E-state index in [1.165, 1.54) is 366 Å². The summed E-state index contributed by atoms with van der Waals surface area (Å²) in [6, 6.07) is 0. The second-order valence-electron chi connectivity index (χ2n) is 31.5. The van der Waals surface area contributed by atoms with Gasteiger partial charge < -0.3 is 33.3 Å². The number of carboxylic acid groups (broad SMARTS) is 1. The van der Waals surface area contributed by atoms with Gasteiger partial charge in [-0.2, -0.15) is 0 Å². The molecule has 0 saturated carbocycles. The average Bonchev–Trinajstić information content (AvgIpc) is 1.21. The number of carboxylic acids is 1. The van der Waals surface area contributed by atoms with Crippen LogP contribution < -0.4 is 5.11 Å². The number of nitrogens with zero attached hydrogens (tertiary/aromatic N) is 1. The fourth-order valence-electron chi connectivity index (χ4n) is 13.5. The zero-order valence-corrected chi connectivity index (χ0v) is 68.1. The number of likely N-dealkylation sites (N-methyl/N-ethyl adjacent to an activating group) is 1. The van der Waals surface area contributed by atoms with E-state index in [0.29, 0.717) is 17.4 Å². The van der Waals surface area contributed by atoms with E-state index in [1.807, 2.05) is 21.1 Å². The fraction of sp³-hybridized carbons (Fsp3) is 0.859. The van der Waals surface area contributed by atoms with E-state index in [1.54, 1.807) is 0 Å². The Labute approximate surface area is 628 Å². The van der Waals surface area contributed by atoms with Crippen LogP contribution in [0.4, 0.5) is 0 Å². The second-order valence-corrected chi connectivity index (χ2v) is 31.5. The monoisotopic (exact) mass is 1420 g/mol. The van der Waals surface area contributed by atoms with Crippen molar-refractivity contribution in [2.24, 2.45) is 0 Å². The molecule has 0 N–H and O–H groups in total. The summed E-state index contributed by atoms with van der Waals surface area (Å²) in [5.74, 6) is -2.25. The van der Waals surface area contributed by atoms with Gasteiger partial charge in [0.25, 0.3) is 0 Å². The van der Waals surface area contributed by atoms with Crippen molar-refractivity contribution < 1.29 is 42.9 Å². The molecular weight excluding hydrogens is 1250 g/mol. The molecule has 101 heavy (non-hydrogen) atoms. The number of carbonyl (C=O) groups is 3. The Morgan fingerprint density at radius 1 is 0.297 bits per heavy atom. The zero-order chi connectivity index (χ0) is 73.2. The summed E-state index contributed by atoms with van der Waals surface area (Å²) < 4.78 is 22.9. The molecule has 2 atom stereocenters. The summed E-state index contributed by atoms with van der Waals surface area (Å²) in [7, 11) is 5.96. The van der Waals surface area contributed by atoms with E-state index in [9.17, 15) is 19.5 Å². The average molecular weight is 1420 g/mol. The molecule has 592 valence electrons. The summed E-state index contributed by atoms with van der Waals surface area (Å²) in [4.78, 5) is 37.7. The molecule has 0 aromatic carbocycles. The lowest BCUT2D eigenvalue weighted by Gasteiger charge is -2.26. The third-order valence-electron chi connectivity index (χ3n) is 20.2. The number of hydrogen-bond donors (Lipinski definition) is 0. The summed E-state index contributed by atoms with van der Waals surface area (Å²) in [6.07, 6.45) is 108. The summed E-state index contributed by atoms with van der Waals surface area (Å²) in [5.41, 5.74) is 0. The van der Waals surface area contributed by atoms with Crippen molar-refractivity contribution in [3.8, 4) is 0 Å². The normalized spacial score (nSPS) is 12.8. The number of allylic oxidation sites excluding steroid dienone is 10. The lowest BCUT2D eigenvalue weighted by atomic mass is 10.0. The van der Waals surface area contributed by atoms with Crippen LogP contribution in [0.3, 0.4) is 0 Å². The Kier molecular flexibility index (Phi) is 80.2. The van der Waals surface area contributed by atoms with Crippen LogP contribution >= 0.6 is 0 Å². The van der Waals surface area contributed by atoms with Crippen LogP contribution in [0.15, 0.2) is 60.8 Å². The van der Waals surface area contributed by atoms with Gasteiger partial charge in [0.05, 0.1) is 40.3 Å². The maximum absolute atomic E-state index is 13.0. The third kappa shape index (κ3) is 84.1. The first-order valence-corrected chi connectivity index (χ1v) is 44.4. The largest absolute Gasteiger partial charge is 0.545 e. The Bertz CT molecular complexity index is 1850. The first-order chi connectivity index (χ1) is 49.6. The molecule has 0 aliphatic heterocycles. The molecule has 0 aromatic rings. The fourth-order valence-corrected chi connectivity index (χ4v) is 13.5. The number of ether oxygens (including phenoxy) is 4. The van der Waals surface area contributed by atoms with Crippen LogP contribution in [0.1, 0.15) is 450 Å². The number of aliphatic carboxylic acids is 1. The smallest absolute Gasteiger partial charge is 0.306 e. The summed E-state index contributed by atoms with van der Waals surface area (Å²) in [6.45, 7) is 4.80. The van der Waals surface area contributed by atoms with Crippen LogP contribution in [0.25, 0.3) is 0 Å². The van der Waals surface area contributed by atoms with E-state index < -0.39 is 24.3 Å². The Morgan fingerprint density at radius 3 is 0.792 bits per heavy atom. The lowest BCUT2D eigenvalue weighted by Crippen LogP contribution is -2.44. The van der Waals surface area contributed by atoms with Gasteiger partial charge in [0.2, 0.25) is 0 Å². The van der Waals surface area contributed by atoms with E-state index in [-0.39, 0.29) is 32.2 Å². The van der Waals surface area contributed by atoms with Crippen molar-refractivity contribution in [3.63, 3.8) is 0 Å². The number of carbonyl (C=O) groups excluding carboxylic acids is 3. The van der Waals surface area contributed by atoms with Gasteiger partial charge in [-0.25, -0.2) is 0 Å². The number of esters is 2. The molecule has 0 radical (unpaired) electrons. The minimum atomic E-state index is -1.62. The van der Waals surface area contributed by atoms with Gasteiger partial charge in [-0.05, 0) is 83.5 Å². The van der Waals surface area contributed by atoms with Crippen molar-refractivity contribution in [1.29, 1.82) is 0 Å². The summed E-state index contributed by atoms with van der Waals surface area (Å²) in [5, 5.41) is 11.9. The SMILES string of the molecule is CCCCCCC/C=C\C/C=C\C/C=C\CCCCCCCCCCCCCCCCCCCCCCCCCCCCC(=O)OC(COC(=O)CCCCCCCCCCCCCCCCCCCCCCCCC/C=C\C/C=C\CCCCCCC)COC(OCC[N+](C)(C)C)C(=O)[O-]. The molecule has 0 aliphatic rings. The van der Waals surface area contributed by atoms with Crippen LogP contribution in [0.5, 0.6) is 0 Å². The van der Waals surface area contributed by atoms with Crippen molar-refractivity contribution in [2.75, 3.05) is 47.5 Å². The predicted molar refractivity (Wildman–Crippen MR) is 435 cm³/mol. The third-order valence-corrected chi connectivity index (χ3v) is 20.2. The van der Waals surface area contributed by atoms with Gasteiger partial charge in [0.15, 0.2) is 12.4 Å². The Morgan fingerprint density at radius 2 is 0.535 bits per heavy atom. The molecule has 0 bridgehead atoms. The minimum absolute atomic E-state index is 0.151. The van der Waals surface area contributed by atoms with Crippen molar-refractivity contribution >= 4 is 17.9 Å². The number of rotatable bonds is 84. The molecule has 9 heteroatoms. The van der Waals surface area contributed by atoms with Gasteiger partial charge in [-0.15, -0.1) is 0 Å². The molecule has 0 aromatic heterocycles. The van der Waals surface area contributed by atoms with Crippen LogP contribution in [-0.4, -0.2) is 82.3 Å². The lowest BCUT2D eigenvalue weighted by molar-refractivity contribution is -0.870. The molecule has 9 nitrogen and oxygen atoms in total. The molecule has 0 rings (SSSR count). The van der Waals surface area contributed by atoms with Crippen LogP contribution in [0, 0.1) is 0 Å². The maximum atomic E-state index is 13.0. The molecule has 0 spiro atoms. The van der Waals surface area contributed by atoms with Gasteiger partial charge in [-0.1, -0.05) is 415 Å². The zero-order valence-electron chi connectivity index (χ0n) is 68.1. The quantitative estimate of drug-likeness (QED) is 0.0195. The van der Waals surface area contributed by atoms with Crippen LogP contribution in [0.2, 0.25) is 0 Å². The highest BCUT2D eigenvalue weighted by atomic mass is 16.7. The molecule has 0 amide bonds. The minimum Gasteiger partial charge on any atom is -0.545 e. The second kappa shape index (κ2) is 82.6. The van der Waals surface area contributed by atoms with Gasteiger partial charge >= 0.3 is 11.9 Å². The Balaban J connectivity index is 3.91. The van der Waals surface area contributed by atoms with Crippen molar-refractivity contribution in [1.82, 2.24) is 0 Å². The van der Waals surface area contributed by atoms with E-state index >= 15 is 0 Å². The van der Waals surface area contributed by atoms with E-state index in [0.717, 1.165) is 57.8 Å². The predicted octanol–water partition coefficient (Wildman–Crippen LogP) is 27.6. The first kappa shape index (κ1) is 98.0. The van der Waals surface area contributed by atoms with Gasteiger partial charge in [-0.3, -0.25) is 9.59 Å². The molecule has 0 saturated heterocycles. The number of unbranched alkanes of at least 4 members (excludes halogenated alkanes) is 59. The number of hydrogen-bond acceptors (Lipinski definition) is 8. The van der Waals surface area contributed by atoms with Crippen molar-refractivity contribution in [2.45, 2.75) is 463 Å². The Hall–Kier alpha value is -3.01. The summed E-state index contributed by atoms with van der Waals surface area (Å²) >= 11 is 0. The standard InChI is InChI=1S/C92H171NO8/c1-6-8-10-12-14-16-18-20-22-24-26-28-30-32-34-36-38-40-42-43-44-45-46-47-49-51-53-55-57-59-61-63-65-67-69-71-73-75-77-79-81-83-90(95)101-88(87-100-92(91(96)97)98-85-84-93(3,4)5)86-99-89(94)82-80-78-76-74-72-70-68-66-64-62-60-58-56-54-52-50-48-41-39-37-35-33-31-29-27-25-23-21-19-17-15-13-11-9-7-2/h18-21,24-27,30,32,88,92H,6-17,22-23,28-29,31,33-87H2,1-5H3/b20-18-,21-19-,26-24-,27-25-,32-30-. The van der Waals surface area contributed by atoms with Crippen LogP contribution in [-0.2, 0) is 33.3 Å². The van der Waals surface area contributed by atoms with Crippen molar-refractivity contribution in [3.05, 3.63) is 60.8 Å². The molecule has 2 unspecified atom stereocenters. The highest BCUT2D eigenvalue weighted by molar-refractivity contribution is 5.70. The molecular formula is C92H171NO8. The highest BCUT2D eigenvalue weighted by Crippen LogP contribution is 2.20. The van der Waals surface area contributed by atoms with E-state index in [4.69, 9.17) is 18.9 Å². The molecule has 0 aliphatic carbocycles. The van der Waals surface area contributed by atoms with E-state index in [2.05, 4.69) is 74.6 Å². The van der Waals surface area contributed by atoms with Gasteiger partial charge in [0.1, 0.15) is 13.2 Å². The first-order valence-electron chi connectivity index (χ1n) is 44.4.